The second-order valence-corrected chi connectivity index (χ2v) is 5.70. The van der Waals surface area contributed by atoms with E-state index in [4.69, 9.17) is 6.42 Å². The van der Waals surface area contributed by atoms with E-state index in [1.165, 1.54) is 0 Å². The number of nitrogens with zero attached hydrogens (tertiary/aromatic N) is 2. The zero-order chi connectivity index (χ0) is 15.5. The van der Waals surface area contributed by atoms with Crippen molar-refractivity contribution in [1.29, 1.82) is 0 Å². The Morgan fingerprint density at radius 2 is 2.23 bits per heavy atom. The van der Waals surface area contributed by atoms with Crippen LogP contribution in [0.4, 0.5) is 0 Å². The number of rotatable bonds is 3. The van der Waals surface area contributed by atoms with E-state index in [2.05, 4.69) is 27.0 Å². The van der Waals surface area contributed by atoms with Gasteiger partial charge < -0.3 is 9.88 Å². The van der Waals surface area contributed by atoms with Crippen LogP contribution < -0.4 is 5.32 Å². The number of carbonyl (C=O) groups excluding carboxylic acids is 1. The summed E-state index contributed by atoms with van der Waals surface area (Å²) in [6.45, 7) is 3.65. The molecule has 4 nitrogen and oxygen atoms in total. The van der Waals surface area contributed by atoms with Crippen molar-refractivity contribution in [3.63, 3.8) is 0 Å². The lowest BCUT2D eigenvalue weighted by molar-refractivity contribution is 0.0949. The van der Waals surface area contributed by atoms with E-state index in [9.17, 15) is 4.79 Å². The number of nitrogens with one attached hydrogen (secondary N) is 1. The first-order valence-corrected chi connectivity index (χ1v) is 7.56. The zero-order valence-electron chi connectivity index (χ0n) is 12.7. The van der Waals surface area contributed by atoms with E-state index >= 15 is 0 Å². The molecule has 1 aromatic heterocycles. The standard InChI is InChI=1S/C18H19N3O/c1-3-14-6-8-15(9-7-14)18(22)19-11-16-5-4-10-21-12-13(2)20-17(16)21/h1,6-9,12,16H,4-5,10-11H2,2H3,(H,19,22). The number of aromatic nitrogens is 2. The minimum atomic E-state index is -0.0658. The molecule has 2 heterocycles. The third kappa shape index (κ3) is 2.89. The molecule has 0 saturated heterocycles. The molecule has 1 N–H and O–H groups in total. The van der Waals surface area contributed by atoms with Crippen LogP contribution in [-0.2, 0) is 6.54 Å². The first-order chi connectivity index (χ1) is 10.7. The van der Waals surface area contributed by atoms with Crippen molar-refractivity contribution >= 4 is 5.91 Å². The van der Waals surface area contributed by atoms with Crippen molar-refractivity contribution in [2.24, 2.45) is 0 Å². The lowest BCUT2D eigenvalue weighted by Gasteiger charge is -2.23. The molecule has 1 amide bonds. The molecule has 0 spiro atoms. The predicted molar refractivity (Wildman–Crippen MR) is 85.6 cm³/mol. The topological polar surface area (TPSA) is 46.9 Å². The van der Waals surface area contributed by atoms with Crippen molar-refractivity contribution in [3.05, 3.63) is 53.1 Å². The summed E-state index contributed by atoms with van der Waals surface area (Å²) in [7, 11) is 0. The first kappa shape index (κ1) is 14.4. The molecule has 0 radical (unpaired) electrons. The largest absolute Gasteiger partial charge is 0.351 e. The highest BCUT2D eigenvalue weighted by atomic mass is 16.1. The molecular formula is C18H19N3O. The van der Waals surface area contributed by atoms with E-state index in [0.29, 0.717) is 12.1 Å². The Morgan fingerprint density at radius 1 is 1.45 bits per heavy atom. The van der Waals surface area contributed by atoms with Crippen molar-refractivity contribution in [3.8, 4) is 12.3 Å². The highest BCUT2D eigenvalue weighted by Gasteiger charge is 2.22. The average molecular weight is 293 g/mol. The molecule has 1 aromatic carbocycles. The highest BCUT2D eigenvalue weighted by molar-refractivity contribution is 5.94. The van der Waals surface area contributed by atoms with Gasteiger partial charge in [0.1, 0.15) is 5.82 Å². The number of benzene rings is 1. The average Bonchev–Trinajstić information content (AvgIpc) is 2.93. The van der Waals surface area contributed by atoms with Gasteiger partial charge >= 0.3 is 0 Å². The molecule has 0 saturated carbocycles. The Balaban J connectivity index is 1.65. The Bertz CT molecular complexity index is 722. The fourth-order valence-electron chi connectivity index (χ4n) is 2.94. The SMILES string of the molecule is C#Cc1ccc(C(=O)NCC2CCCn3cc(C)nc32)cc1. The van der Waals surface area contributed by atoms with Gasteiger partial charge in [-0.1, -0.05) is 5.92 Å². The van der Waals surface area contributed by atoms with Gasteiger partial charge in [-0.2, -0.15) is 0 Å². The lowest BCUT2D eigenvalue weighted by Crippen LogP contribution is -2.31. The molecule has 1 aliphatic rings. The Hall–Kier alpha value is -2.54. The summed E-state index contributed by atoms with van der Waals surface area (Å²) in [5.41, 5.74) is 2.45. The van der Waals surface area contributed by atoms with Gasteiger partial charge in [0.25, 0.3) is 5.91 Å². The quantitative estimate of drug-likeness (QED) is 0.884. The second kappa shape index (κ2) is 6.07. The molecule has 0 aliphatic carbocycles. The van der Waals surface area contributed by atoms with Gasteiger partial charge in [-0.3, -0.25) is 4.79 Å². The Labute approximate surface area is 130 Å². The number of hydrogen-bond donors (Lipinski definition) is 1. The van der Waals surface area contributed by atoms with Gasteiger partial charge in [0.2, 0.25) is 0 Å². The van der Waals surface area contributed by atoms with E-state index in [0.717, 1.165) is 36.5 Å². The maximum atomic E-state index is 12.2. The van der Waals surface area contributed by atoms with Gasteiger partial charge in [0.15, 0.2) is 0 Å². The summed E-state index contributed by atoms with van der Waals surface area (Å²) in [6, 6.07) is 7.09. The summed E-state index contributed by atoms with van der Waals surface area (Å²) in [5.74, 6) is 3.86. The summed E-state index contributed by atoms with van der Waals surface area (Å²) in [5, 5.41) is 3.01. The van der Waals surface area contributed by atoms with Gasteiger partial charge in [-0.25, -0.2) is 4.98 Å². The van der Waals surface area contributed by atoms with Crippen LogP contribution in [0.15, 0.2) is 30.5 Å². The molecule has 4 heteroatoms. The van der Waals surface area contributed by atoms with Crippen molar-refractivity contribution < 1.29 is 4.79 Å². The maximum absolute atomic E-state index is 12.2. The minimum Gasteiger partial charge on any atom is -0.351 e. The van der Waals surface area contributed by atoms with E-state index < -0.39 is 0 Å². The molecule has 0 bridgehead atoms. The van der Waals surface area contributed by atoms with Crippen molar-refractivity contribution in [1.82, 2.24) is 14.9 Å². The molecule has 2 aromatic rings. The number of carbonyl (C=O) groups is 1. The van der Waals surface area contributed by atoms with Gasteiger partial charge in [0, 0.05) is 36.3 Å². The highest BCUT2D eigenvalue weighted by Crippen LogP contribution is 2.26. The van der Waals surface area contributed by atoms with Crippen LogP contribution in [0.2, 0.25) is 0 Å². The van der Waals surface area contributed by atoms with Crippen molar-refractivity contribution in [2.45, 2.75) is 32.2 Å². The number of amides is 1. The van der Waals surface area contributed by atoms with Crippen LogP contribution in [0.3, 0.4) is 0 Å². The van der Waals surface area contributed by atoms with E-state index in [1.54, 1.807) is 24.3 Å². The number of terminal acetylenes is 1. The summed E-state index contributed by atoms with van der Waals surface area (Å²) >= 11 is 0. The van der Waals surface area contributed by atoms with Crippen LogP contribution in [0, 0.1) is 19.3 Å². The summed E-state index contributed by atoms with van der Waals surface area (Å²) in [4.78, 5) is 16.8. The molecule has 1 unspecified atom stereocenters. The third-order valence-corrected chi connectivity index (χ3v) is 4.07. The Morgan fingerprint density at radius 3 is 2.95 bits per heavy atom. The molecule has 112 valence electrons. The number of imidazole rings is 1. The van der Waals surface area contributed by atoms with Gasteiger partial charge in [0.05, 0.1) is 5.69 Å². The molecule has 22 heavy (non-hydrogen) atoms. The Kier molecular flexibility index (Phi) is 3.97. The minimum absolute atomic E-state index is 0.0658. The third-order valence-electron chi connectivity index (χ3n) is 4.07. The predicted octanol–water partition coefficient (Wildman–Crippen LogP) is 2.48. The van der Waals surface area contributed by atoms with Crippen LogP contribution in [0.25, 0.3) is 0 Å². The van der Waals surface area contributed by atoms with Gasteiger partial charge in [-0.05, 0) is 44.0 Å². The van der Waals surface area contributed by atoms with Crippen LogP contribution in [0.1, 0.15) is 46.2 Å². The number of hydrogen-bond acceptors (Lipinski definition) is 2. The lowest BCUT2D eigenvalue weighted by atomic mass is 9.99. The van der Waals surface area contributed by atoms with E-state index in [1.807, 2.05) is 6.92 Å². The van der Waals surface area contributed by atoms with Gasteiger partial charge in [-0.15, -0.1) is 6.42 Å². The van der Waals surface area contributed by atoms with Crippen LogP contribution in [0.5, 0.6) is 0 Å². The fourth-order valence-corrected chi connectivity index (χ4v) is 2.94. The molecule has 3 rings (SSSR count). The zero-order valence-corrected chi connectivity index (χ0v) is 12.7. The number of fused-ring (bicyclic) bond motifs is 1. The molecule has 1 atom stereocenters. The normalized spacial score (nSPS) is 16.6. The summed E-state index contributed by atoms with van der Waals surface area (Å²) in [6.07, 6.45) is 9.59. The molecule has 0 fully saturated rings. The van der Waals surface area contributed by atoms with Crippen LogP contribution in [-0.4, -0.2) is 22.0 Å². The smallest absolute Gasteiger partial charge is 0.251 e. The monoisotopic (exact) mass is 293 g/mol. The van der Waals surface area contributed by atoms with E-state index in [-0.39, 0.29) is 11.8 Å². The summed E-state index contributed by atoms with van der Waals surface area (Å²) < 4.78 is 2.21. The van der Waals surface area contributed by atoms with Crippen LogP contribution >= 0.6 is 0 Å². The molecule has 1 aliphatic heterocycles. The van der Waals surface area contributed by atoms with Crippen molar-refractivity contribution in [2.75, 3.05) is 6.54 Å². The molecular weight excluding hydrogens is 274 g/mol. The first-order valence-electron chi connectivity index (χ1n) is 7.56. The fraction of sp³-hybridized carbons (Fsp3) is 0.333. The number of aryl methyl sites for hydroxylation is 2. The second-order valence-electron chi connectivity index (χ2n) is 5.70. The maximum Gasteiger partial charge on any atom is 0.251 e.